The van der Waals surface area contributed by atoms with Gasteiger partial charge in [0.15, 0.2) is 11.6 Å². The number of halogens is 3. The van der Waals surface area contributed by atoms with Crippen molar-refractivity contribution < 1.29 is 23.0 Å². The number of hydrogen-bond acceptors (Lipinski definition) is 4. The lowest BCUT2D eigenvalue weighted by Gasteiger charge is -2.23. The first-order chi connectivity index (χ1) is 15.5. The summed E-state index contributed by atoms with van der Waals surface area (Å²) in [7, 11) is 0. The molecule has 2 aromatic carbocycles. The van der Waals surface area contributed by atoms with Crippen molar-refractivity contribution >= 4 is 23.2 Å². The van der Waals surface area contributed by atoms with Crippen LogP contribution in [-0.2, 0) is 16.0 Å². The Morgan fingerprint density at radius 2 is 1.88 bits per heavy atom. The SMILES string of the molecule is O=C(Nc1c(F)cc(C#Cc2ccccc2)cc1F)c1c(Cl)cnn1CC1COCCO1. The van der Waals surface area contributed by atoms with Gasteiger partial charge in [0, 0.05) is 11.1 Å². The van der Waals surface area contributed by atoms with Crippen molar-refractivity contribution in [2.24, 2.45) is 0 Å². The van der Waals surface area contributed by atoms with Gasteiger partial charge in [0.05, 0.1) is 37.6 Å². The molecule has 1 unspecified atom stereocenters. The van der Waals surface area contributed by atoms with E-state index in [-0.39, 0.29) is 28.9 Å². The van der Waals surface area contributed by atoms with Gasteiger partial charge in [0.25, 0.3) is 5.91 Å². The Bertz CT molecular complexity index is 1160. The largest absolute Gasteiger partial charge is 0.376 e. The van der Waals surface area contributed by atoms with E-state index in [9.17, 15) is 13.6 Å². The van der Waals surface area contributed by atoms with Gasteiger partial charge in [-0.25, -0.2) is 8.78 Å². The van der Waals surface area contributed by atoms with Gasteiger partial charge in [-0.05, 0) is 24.3 Å². The van der Waals surface area contributed by atoms with E-state index in [4.69, 9.17) is 21.1 Å². The van der Waals surface area contributed by atoms with Gasteiger partial charge in [0.2, 0.25) is 0 Å². The summed E-state index contributed by atoms with van der Waals surface area (Å²) in [6, 6.07) is 11.1. The fourth-order valence-corrected chi connectivity index (χ4v) is 3.39. The maximum Gasteiger partial charge on any atom is 0.275 e. The average molecular weight is 458 g/mol. The number of amides is 1. The molecule has 1 aliphatic rings. The van der Waals surface area contributed by atoms with Crippen molar-refractivity contribution in [1.29, 1.82) is 0 Å². The zero-order valence-electron chi connectivity index (χ0n) is 16.8. The minimum Gasteiger partial charge on any atom is -0.376 e. The van der Waals surface area contributed by atoms with Crippen molar-refractivity contribution in [3.8, 4) is 11.8 Å². The van der Waals surface area contributed by atoms with Crippen LogP contribution in [0, 0.1) is 23.5 Å². The van der Waals surface area contributed by atoms with Crippen LogP contribution >= 0.6 is 11.6 Å². The number of aromatic nitrogens is 2. The van der Waals surface area contributed by atoms with Gasteiger partial charge in [0.1, 0.15) is 17.5 Å². The lowest BCUT2D eigenvalue weighted by Crippen LogP contribution is -2.34. The second kappa shape index (κ2) is 9.92. The third kappa shape index (κ3) is 5.14. The van der Waals surface area contributed by atoms with Crippen LogP contribution < -0.4 is 5.32 Å². The Morgan fingerprint density at radius 3 is 2.56 bits per heavy atom. The molecule has 1 N–H and O–H groups in total. The maximum absolute atomic E-state index is 14.6. The highest BCUT2D eigenvalue weighted by Gasteiger charge is 2.24. The molecule has 1 aromatic heterocycles. The molecule has 32 heavy (non-hydrogen) atoms. The summed E-state index contributed by atoms with van der Waals surface area (Å²) in [5.41, 5.74) is 0.217. The number of ether oxygens (including phenoxy) is 2. The highest BCUT2D eigenvalue weighted by atomic mass is 35.5. The Morgan fingerprint density at radius 1 is 1.16 bits per heavy atom. The van der Waals surface area contributed by atoms with Crippen LogP contribution in [0.2, 0.25) is 5.02 Å². The van der Waals surface area contributed by atoms with E-state index in [2.05, 4.69) is 22.3 Å². The molecule has 0 bridgehead atoms. The van der Waals surface area contributed by atoms with Crippen LogP contribution in [0.3, 0.4) is 0 Å². The number of hydrogen-bond donors (Lipinski definition) is 1. The van der Waals surface area contributed by atoms with E-state index in [1.165, 1.54) is 10.9 Å². The van der Waals surface area contributed by atoms with Gasteiger partial charge in [-0.1, -0.05) is 41.6 Å². The molecule has 1 atom stereocenters. The van der Waals surface area contributed by atoms with E-state index < -0.39 is 23.2 Å². The summed E-state index contributed by atoms with van der Waals surface area (Å²) in [4.78, 5) is 12.8. The second-order valence-electron chi connectivity index (χ2n) is 6.98. The number of benzene rings is 2. The molecule has 0 radical (unpaired) electrons. The smallest absolute Gasteiger partial charge is 0.275 e. The first-order valence-electron chi connectivity index (χ1n) is 9.79. The molecule has 1 fully saturated rings. The molecule has 4 rings (SSSR count). The third-order valence-corrected chi connectivity index (χ3v) is 4.95. The minimum absolute atomic E-state index is 0.0346. The van der Waals surface area contributed by atoms with Crippen LogP contribution in [-0.4, -0.2) is 41.6 Å². The van der Waals surface area contributed by atoms with E-state index in [0.717, 1.165) is 12.1 Å². The monoisotopic (exact) mass is 457 g/mol. The summed E-state index contributed by atoms with van der Waals surface area (Å²) in [6.45, 7) is 1.47. The molecule has 164 valence electrons. The standard InChI is InChI=1S/C23H18ClF2N3O3/c24-18-12-27-29(13-17-14-31-8-9-32-17)22(18)23(30)28-21-19(25)10-16(11-20(21)26)7-6-15-4-2-1-3-5-15/h1-5,10-12,17H,8-9,13-14H2,(H,28,30). The van der Waals surface area contributed by atoms with Crippen LogP contribution in [0.5, 0.6) is 0 Å². The van der Waals surface area contributed by atoms with Crippen LogP contribution in [0.1, 0.15) is 21.6 Å². The fraction of sp³-hybridized carbons (Fsp3) is 0.217. The molecule has 9 heteroatoms. The van der Waals surface area contributed by atoms with Gasteiger partial charge in [-0.15, -0.1) is 0 Å². The van der Waals surface area contributed by atoms with Crippen molar-refractivity contribution in [2.45, 2.75) is 12.6 Å². The summed E-state index contributed by atoms with van der Waals surface area (Å²) in [5.74, 6) is 2.83. The van der Waals surface area contributed by atoms with Crippen LogP contribution in [0.15, 0.2) is 48.7 Å². The quantitative estimate of drug-likeness (QED) is 0.604. The summed E-state index contributed by atoms with van der Waals surface area (Å²) in [6.07, 6.45) is 0.969. The number of nitrogens with one attached hydrogen (secondary N) is 1. The predicted octanol–water partition coefficient (Wildman–Crippen LogP) is 3.88. The second-order valence-corrected chi connectivity index (χ2v) is 7.38. The van der Waals surface area contributed by atoms with Gasteiger partial charge in [-0.3, -0.25) is 9.48 Å². The fourth-order valence-electron chi connectivity index (χ4n) is 3.16. The molecule has 6 nitrogen and oxygen atoms in total. The number of rotatable bonds is 4. The zero-order chi connectivity index (χ0) is 22.5. The van der Waals surface area contributed by atoms with Gasteiger partial charge >= 0.3 is 0 Å². The molecule has 0 spiro atoms. The van der Waals surface area contributed by atoms with Crippen molar-refractivity contribution in [3.05, 3.63) is 82.1 Å². The van der Waals surface area contributed by atoms with Crippen molar-refractivity contribution in [1.82, 2.24) is 9.78 Å². The van der Waals surface area contributed by atoms with E-state index >= 15 is 0 Å². The number of anilines is 1. The molecule has 3 aromatic rings. The molecule has 1 amide bonds. The normalized spacial score (nSPS) is 15.7. The van der Waals surface area contributed by atoms with Crippen LogP contribution in [0.25, 0.3) is 0 Å². The lowest BCUT2D eigenvalue weighted by atomic mass is 10.1. The molecular weight excluding hydrogens is 440 g/mol. The average Bonchev–Trinajstić information content (AvgIpc) is 3.16. The molecule has 2 heterocycles. The Balaban J connectivity index is 1.53. The van der Waals surface area contributed by atoms with Crippen molar-refractivity contribution in [2.75, 3.05) is 25.1 Å². The number of nitrogens with zero attached hydrogens (tertiary/aromatic N) is 2. The molecule has 0 saturated carbocycles. The first-order valence-corrected chi connectivity index (χ1v) is 10.2. The third-order valence-electron chi connectivity index (χ3n) is 4.68. The van der Waals surface area contributed by atoms with Gasteiger partial charge < -0.3 is 14.8 Å². The summed E-state index contributed by atoms with van der Waals surface area (Å²) in [5, 5.41) is 6.36. The predicted molar refractivity (Wildman–Crippen MR) is 115 cm³/mol. The van der Waals surface area contributed by atoms with Crippen LogP contribution in [0.4, 0.5) is 14.5 Å². The molecule has 1 saturated heterocycles. The number of carbonyl (C=O) groups is 1. The molecule has 1 aliphatic heterocycles. The highest BCUT2D eigenvalue weighted by Crippen LogP contribution is 2.24. The summed E-state index contributed by atoms with van der Waals surface area (Å²) >= 11 is 6.11. The molecule has 0 aliphatic carbocycles. The van der Waals surface area contributed by atoms with Gasteiger partial charge in [-0.2, -0.15) is 5.10 Å². The minimum atomic E-state index is -0.957. The zero-order valence-corrected chi connectivity index (χ0v) is 17.5. The van der Waals surface area contributed by atoms with E-state index in [1.807, 2.05) is 18.2 Å². The van der Waals surface area contributed by atoms with Crippen molar-refractivity contribution in [3.63, 3.8) is 0 Å². The Kier molecular flexibility index (Phi) is 6.81. The lowest BCUT2D eigenvalue weighted by molar-refractivity contribution is -0.0947. The maximum atomic E-state index is 14.6. The first kappa shape index (κ1) is 22.0. The Hall–Kier alpha value is -3.25. The molecular formula is C23H18ClF2N3O3. The Labute approximate surface area is 188 Å². The van der Waals surface area contributed by atoms with E-state index in [0.29, 0.717) is 25.4 Å². The summed E-state index contributed by atoms with van der Waals surface area (Å²) < 4.78 is 41.4. The van der Waals surface area contributed by atoms with E-state index in [1.54, 1.807) is 12.1 Å². The topological polar surface area (TPSA) is 65.4 Å². The number of carbonyl (C=O) groups excluding carboxylic acids is 1. The highest BCUT2D eigenvalue weighted by molar-refractivity contribution is 6.34.